The molecule has 2 rings (SSSR count). The number of nitrogens with zero attached hydrogens (tertiary/aromatic N) is 3. The smallest absolute Gasteiger partial charge is 0.416 e. The van der Waals surface area contributed by atoms with E-state index < -0.39 is 11.7 Å². The molecule has 6 heteroatoms. The zero-order chi connectivity index (χ0) is 18.6. The zero-order valence-electron chi connectivity index (χ0n) is 15.7. The molecule has 0 aliphatic heterocycles. The molecule has 134 valence electrons. The van der Waals surface area contributed by atoms with Gasteiger partial charge in [-0.25, -0.2) is 14.8 Å². The van der Waals surface area contributed by atoms with Crippen molar-refractivity contribution in [3.8, 4) is 5.88 Å². The molecular formula is C19H25N3O3. The summed E-state index contributed by atoms with van der Waals surface area (Å²) in [5.41, 5.74) is 2.10. The molecular weight excluding hydrogens is 318 g/mol. The van der Waals surface area contributed by atoms with Gasteiger partial charge in [0.15, 0.2) is 0 Å². The molecule has 0 bridgehead atoms. The summed E-state index contributed by atoms with van der Waals surface area (Å²) in [6.07, 6.45) is 1.18. The summed E-state index contributed by atoms with van der Waals surface area (Å²) >= 11 is 0. The molecule has 0 atom stereocenters. The van der Waals surface area contributed by atoms with Crippen molar-refractivity contribution < 1.29 is 14.3 Å². The van der Waals surface area contributed by atoms with Crippen molar-refractivity contribution in [1.82, 2.24) is 9.97 Å². The summed E-state index contributed by atoms with van der Waals surface area (Å²) in [7, 11) is 1.55. The van der Waals surface area contributed by atoms with Crippen LogP contribution >= 0.6 is 0 Å². The molecule has 25 heavy (non-hydrogen) atoms. The van der Waals surface area contributed by atoms with Gasteiger partial charge in [0.05, 0.1) is 13.7 Å². The lowest BCUT2D eigenvalue weighted by Crippen LogP contribution is -2.37. The minimum atomic E-state index is -0.603. The third-order valence-electron chi connectivity index (χ3n) is 3.60. The Morgan fingerprint density at radius 1 is 1.20 bits per heavy atom. The first-order chi connectivity index (χ1) is 11.7. The predicted octanol–water partition coefficient (Wildman–Crippen LogP) is 4.04. The van der Waals surface area contributed by atoms with Crippen LogP contribution in [-0.4, -0.2) is 28.8 Å². The number of anilines is 1. The van der Waals surface area contributed by atoms with E-state index in [1.165, 1.54) is 4.90 Å². The van der Waals surface area contributed by atoms with Gasteiger partial charge in [-0.3, -0.25) is 4.90 Å². The van der Waals surface area contributed by atoms with Crippen molar-refractivity contribution in [3.05, 3.63) is 47.3 Å². The maximum atomic E-state index is 12.8. The second kappa shape index (κ2) is 7.51. The average Bonchev–Trinajstić information content (AvgIpc) is 2.54. The van der Waals surface area contributed by atoms with Crippen LogP contribution in [0.25, 0.3) is 0 Å². The highest BCUT2D eigenvalue weighted by atomic mass is 16.6. The Labute approximate surface area is 148 Å². The molecule has 0 spiro atoms. The van der Waals surface area contributed by atoms with E-state index in [2.05, 4.69) is 9.97 Å². The molecule has 0 saturated carbocycles. The molecule has 0 saturated heterocycles. The van der Waals surface area contributed by atoms with Gasteiger partial charge in [0.2, 0.25) is 5.88 Å². The van der Waals surface area contributed by atoms with Gasteiger partial charge >= 0.3 is 6.09 Å². The highest BCUT2D eigenvalue weighted by Gasteiger charge is 2.25. The number of carbonyl (C=O) groups is 1. The van der Waals surface area contributed by atoms with Crippen molar-refractivity contribution in [2.24, 2.45) is 0 Å². The zero-order valence-corrected chi connectivity index (χ0v) is 15.7. The van der Waals surface area contributed by atoms with Crippen molar-refractivity contribution in [2.75, 3.05) is 12.0 Å². The van der Waals surface area contributed by atoms with Gasteiger partial charge in [-0.1, -0.05) is 12.1 Å². The monoisotopic (exact) mass is 343 g/mol. The number of carbonyl (C=O) groups excluding carboxylic acids is 1. The fourth-order valence-corrected chi connectivity index (χ4v) is 2.22. The van der Waals surface area contributed by atoms with Gasteiger partial charge in [-0.15, -0.1) is 0 Å². The minimum Gasteiger partial charge on any atom is -0.481 e. The SMILES string of the molecule is COc1ncccc1CN(C(=O)OC(C)(C)C)c1ccc(C)c(C)n1. The van der Waals surface area contributed by atoms with Gasteiger partial charge in [-0.05, 0) is 52.3 Å². The number of ether oxygens (including phenoxy) is 2. The maximum Gasteiger partial charge on any atom is 0.416 e. The molecule has 6 nitrogen and oxygen atoms in total. The van der Waals surface area contributed by atoms with E-state index in [9.17, 15) is 4.79 Å². The van der Waals surface area contributed by atoms with Gasteiger partial charge in [0.1, 0.15) is 11.4 Å². The maximum absolute atomic E-state index is 12.8. The summed E-state index contributed by atoms with van der Waals surface area (Å²) in [6, 6.07) is 7.42. The number of aryl methyl sites for hydroxylation is 2. The van der Waals surface area contributed by atoms with Crippen molar-refractivity contribution >= 4 is 11.9 Å². The molecule has 2 heterocycles. The Kier molecular flexibility index (Phi) is 5.62. The second-order valence-electron chi connectivity index (χ2n) is 6.81. The van der Waals surface area contributed by atoms with Gasteiger partial charge < -0.3 is 9.47 Å². The third kappa shape index (κ3) is 4.92. The van der Waals surface area contributed by atoms with Crippen LogP contribution in [0, 0.1) is 13.8 Å². The van der Waals surface area contributed by atoms with E-state index in [0.29, 0.717) is 11.7 Å². The second-order valence-corrected chi connectivity index (χ2v) is 6.81. The summed E-state index contributed by atoms with van der Waals surface area (Å²) in [5, 5.41) is 0. The fourth-order valence-electron chi connectivity index (χ4n) is 2.22. The van der Waals surface area contributed by atoms with Crippen LogP contribution in [0.3, 0.4) is 0 Å². The Morgan fingerprint density at radius 3 is 2.52 bits per heavy atom. The first-order valence-electron chi connectivity index (χ1n) is 8.14. The first kappa shape index (κ1) is 18.7. The number of aromatic nitrogens is 2. The molecule has 2 aromatic rings. The van der Waals surface area contributed by atoms with Crippen LogP contribution < -0.4 is 9.64 Å². The molecule has 0 aliphatic rings. The first-order valence-corrected chi connectivity index (χ1v) is 8.14. The number of methoxy groups -OCH3 is 1. The molecule has 2 aromatic heterocycles. The Balaban J connectivity index is 2.41. The number of hydrogen-bond donors (Lipinski definition) is 0. The number of amides is 1. The lowest BCUT2D eigenvalue weighted by Gasteiger charge is -2.27. The molecule has 0 unspecified atom stereocenters. The van der Waals surface area contributed by atoms with Crippen LogP contribution in [0.1, 0.15) is 37.6 Å². The predicted molar refractivity (Wildman–Crippen MR) is 96.9 cm³/mol. The Hall–Kier alpha value is -2.63. The average molecular weight is 343 g/mol. The molecule has 0 N–H and O–H groups in total. The Bertz CT molecular complexity index is 754. The van der Waals surface area contributed by atoms with Gasteiger partial charge in [-0.2, -0.15) is 0 Å². The normalized spacial score (nSPS) is 11.1. The van der Waals surface area contributed by atoms with Gasteiger partial charge in [0, 0.05) is 17.5 Å². The van der Waals surface area contributed by atoms with Crippen molar-refractivity contribution in [2.45, 2.75) is 46.8 Å². The molecule has 0 fully saturated rings. The van der Waals surface area contributed by atoms with Crippen LogP contribution in [0.4, 0.5) is 10.6 Å². The van der Waals surface area contributed by atoms with E-state index in [-0.39, 0.29) is 6.54 Å². The van der Waals surface area contributed by atoms with Gasteiger partial charge in [0.25, 0.3) is 0 Å². The van der Waals surface area contributed by atoms with E-state index in [1.807, 2.05) is 52.8 Å². The van der Waals surface area contributed by atoms with Crippen molar-refractivity contribution in [3.63, 3.8) is 0 Å². The number of hydrogen-bond acceptors (Lipinski definition) is 5. The lowest BCUT2D eigenvalue weighted by molar-refractivity contribution is 0.0576. The number of pyridine rings is 2. The summed E-state index contributed by atoms with van der Waals surface area (Å²) < 4.78 is 10.9. The highest BCUT2D eigenvalue weighted by Crippen LogP contribution is 2.23. The van der Waals surface area contributed by atoms with E-state index in [0.717, 1.165) is 16.8 Å². The summed E-state index contributed by atoms with van der Waals surface area (Å²) in [4.78, 5) is 23.0. The van der Waals surface area contributed by atoms with Crippen LogP contribution in [0.2, 0.25) is 0 Å². The van der Waals surface area contributed by atoms with Crippen LogP contribution in [0.5, 0.6) is 5.88 Å². The summed E-state index contributed by atoms with van der Waals surface area (Å²) in [5.74, 6) is 1.00. The Morgan fingerprint density at radius 2 is 1.92 bits per heavy atom. The molecule has 1 amide bonds. The standard InChI is InChI=1S/C19H25N3O3/c1-13-9-10-16(21-14(13)2)22(18(23)25-19(3,4)5)12-15-8-7-11-20-17(15)24-6/h7-11H,12H2,1-6H3. The van der Waals surface area contributed by atoms with Crippen molar-refractivity contribution in [1.29, 1.82) is 0 Å². The number of rotatable bonds is 4. The van der Waals surface area contributed by atoms with E-state index in [4.69, 9.17) is 9.47 Å². The molecule has 0 aliphatic carbocycles. The quantitative estimate of drug-likeness (QED) is 0.838. The van der Waals surface area contributed by atoms with E-state index in [1.54, 1.807) is 19.4 Å². The largest absolute Gasteiger partial charge is 0.481 e. The minimum absolute atomic E-state index is 0.251. The van der Waals surface area contributed by atoms with Crippen LogP contribution in [0.15, 0.2) is 30.5 Å². The molecule has 0 aromatic carbocycles. The third-order valence-corrected chi connectivity index (χ3v) is 3.60. The fraction of sp³-hybridized carbons (Fsp3) is 0.421. The molecule has 0 radical (unpaired) electrons. The lowest BCUT2D eigenvalue weighted by atomic mass is 10.2. The highest BCUT2D eigenvalue weighted by molar-refractivity contribution is 5.86. The topological polar surface area (TPSA) is 64.5 Å². The summed E-state index contributed by atoms with van der Waals surface area (Å²) in [6.45, 7) is 9.65. The van der Waals surface area contributed by atoms with Crippen LogP contribution in [-0.2, 0) is 11.3 Å². The van der Waals surface area contributed by atoms with E-state index >= 15 is 0 Å².